The van der Waals surface area contributed by atoms with Crippen molar-refractivity contribution < 1.29 is 52.7 Å². The Morgan fingerprint density at radius 3 is 1.11 bits per heavy atom. The lowest BCUT2D eigenvalue weighted by Gasteiger charge is -2.28. The molecular weight excluding hydrogens is 530 g/mol. The highest BCUT2D eigenvalue weighted by Crippen LogP contribution is 2.43. The molecule has 0 unspecified atom stereocenters. The average molecular weight is 546 g/mol. The molecule has 1 heterocycles. The third-order valence-electron chi connectivity index (χ3n) is 5.44. The molecule has 3 rings (SSSR count). The van der Waals surface area contributed by atoms with Crippen LogP contribution in [0.2, 0.25) is 0 Å². The molecule has 0 spiro atoms. The van der Waals surface area contributed by atoms with E-state index in [1.54, 1.807) is 0 Å². The van der Waals surface area contributed by atoms with Crippen LogP contribution in [0.1, 0.15) is 52.1 Å². The summed E-state index contributed by atoms with van der Waals surface area (Å²) in [4.78, 5) is 0. The van der Waals surface area contributed by atoms with Crippen molar-refractivity contribution in [3.8, 4) is 0 Å². The first-order valence-electron chi connectivity index (χ1n) is 9.69. The minimum absolute atomic E-state index is 0. The minimum Gasteiger partial charge on any atom is -0.313 e. The van der Waals surface area contributed by atoms with Crippen LogP contribution in [0.5, 0.6) is 0 Å². The van der Waals surface area contributed by atoms with E-state index >= 15 is 0 Å². The summed E-state index contributed by atoms with van der Waals surface area (Å²) in [6, 6.07) is 0.00206. The number of halogens is 13. The number of hydrogen-bond donors (Lipinski definition) is 1. The standard InChI is InChI=1S/C21H15F12N.ClH/c22-18(23,24)12-4-10(5-13(8-12)19(25,26)27)17(16-2-1-3-34-16)11-6-14(20(28,29)30)9-15(7-11)21(31,32)33;/h4-9,16-17,34H,1-3H2;1H/t16-;/m1./s1. The van der Waals surface area contributed by atoms with Crippen LogP contribution in [0.3, 0.4) is 0 Å². The third kappa shape index (κ3) is 6.75. The highest BCUT2D eigenvalue weighted by molar-refractivity contribution is 5.85. The lowest BCUT2D eigenvalue weighted by atomic mass is 9.81. The summed E-state index contributed by atoms with van der Waals surface area (Å²) in [5.74, 6) is -1.64. The fourth-order valence-corrected chi connectivity index (χ4v) is 3.97. The summed E-state index contributed by atoms with van der Waals surface area (Å²) in [6.07, 6.45) is -20.5. The molecule has 1 aliphatic heterocycles. The molecule has 0 bridgehead atoms. The zero-order chi connectivity index (χ0) is 25.7. The Hall–Kier alpha value is -2.15. The van der Waals surface area contributed by atoms with Crippen molar-refractivity contribution in [2.24, 2.45) is 0 Å². The smallest absolute Gasteiger partial charge is 0.313 e. The number of benzene rings is 2. The molecule has 0 amide bonds. The number of hydrogen-bond acceptors (Lipinski definition) is 1. The van der Waals surface area contributed by atoms with E-state index in [2.05, 4.69) is 5.32 Å². The Bertz CT molecular complexity index is 891. The zero-order valence-corrected chi connectivity index (χ0v) is 18.0. The first kappa shape index (κ1) is 29.1. The van der Waals surface area contributed by atoms with Crippen molar-refractivity contribution >= 4 is 12.4 Å². The van der Waals surface area contributed by atoms with Crippen LogP contribution in [0.4, 0.5) is 52.7 Å². The van der Waals surface area contributed by atoms with Gasteiger partial charge >= 0.3 is 24.7 Å². The van der Waals surface area contributed by atoms with Gasteiger partial charge in [-0.25, -0.2) is 0 Å². The molecule has 2 aromatic carbocycles. The predicted octanol–water partition coefficient (Wildman–Crippen LogP) is 8.07. The maximum atomic E-state index is 13.3. The second-order valence-corrected chi connectivity index (χ2v) is 7.86. The van der Waals surface area contributed by atoms with Crippen LogP contribution in [-0.2, 0) is 24.7 Å². The third-order valence-corrected chi connectivity index (χ3v) is 5.44. The summed E-state index contributed by atoms with van der Waals surface area (Å²) >= 11 is 0. The van der Waals surface area contributed by atoms with Gasteiger partial charge in [0, 0.05) is 12.0 Å². The van der Waals surface area contributed by atoms with E-state index in [1.165, 1.54) is 0 Å². The topological polar surface area (TPSA) is 12.0 Å². The van der Waals surface area contributed by atoms with Gasteiger partial charge in [0.1, 0.15) is 0 Å². The molecule has 2 aromatic rings. The molecule has 0 radical (unpaired) electrons. The molecule has 35 heavy (non-hydrogen) atoms. The Morgan fingerprint density at radius 2 is 0.886 bits per heavy atom. The zero-order valence-electron chi connectivity index (χ0n) is 17.2. The highest BCUT2D eigenvalue weighted by atomic mass is 35.5. The van der Waals surface area contributed by atoms with Gasteiger partial charge in [-0.05, 0) is 66.9 Å². The molecule has 196 valence electrons. The maximum Gasteiger partial charge on any atom is 0.416 e. The van der Waals surface area contributed by atoms with Crippen LogP contribution in [0, 0.1) is 0 Å². The van der Waals surface area contributed by atoms with Crippen LogP contribution in [0.25, 0.3) is 0 Å². The highest BCUT2D eigenvalue weighted by Gasteiger charge is 2.41. The average Bonchev–Trinajstić information content (AvgIpc) is 3.19. The second-order valence-electron chi connectivity index (χ2n) is 7.86. The van der Waals surface area contributed by atoms with Crippen LogP contribution in [-0.4, -0.2) is 12.6 Å². The van der Waals surface area contributed by atoms with Gasteiger partial charge in [-0.3, -0.25) is 0 Å². The quantitative estimate of drug-likeness (QED) is 0.385. The van der Waals surface area contributed by atoms with Crippen molar-refractivity contribution in [1.82, 2.24) is 5.32 Å². The Balaban J connectivity index is 0.00000432. The molecule has 1 fully saturated rings. The maximum absolute atomic E-state index is 13.3. The lowest BCUT2D eigenvalue weighted by Crippen LogP contribution is -2.30. The SMILES string of the molecule is Cl.FC(F)(F)c1cc(C(c2cc(C(F)(F)F)cc(C(F)(F)F)c2)[C@H]2CCCN2)cc(C(F)(F)F)c1. The van der Waals surface area contributed by atoms with Crippen molar-refractivity contribution in [3.63, 3.8) is 0 Å². The van der Waals surface area contributed by atoms with Crippen LogP contribution in [0.15, 0.2) is 36.4 Å². The predicted molar refractivity (Wildman–Crippen MR) is 103 cm³/mol. The van der Waals surface area contributed by atoms with E-state index in [0.29, 0.717) is 30.7 Å². The van der Waals surface area contributed by atoms with Gasteiger partial charge in [-0.2, -0.15) is 52.7 Å². The largest absolute Gasteiger partial charge is 0.416 e. The summed E-state index contributed by atoms with van der Waals surface area (Å²) < 4.78 is 160. The Morgan fingerprint density at radius 1 is 0.571 bits per heavy atom. The molecular formula is C21H16ClF12N. The van der Waals surface area contributed by atoms with Crippen molar-refractivity contribution in [3.05, 3.63) is 69.8 Å². The lowest BCUT2D eigenvalue weighted by molar-refractivity contribution is -0.144. The van der Waals surface area contributed by atoms with Crippen LogP contribution >= 0.6 is 12.4 Å². The van der Waals surface area contributed by atoms with Gasteiger partial charge in [-0.15, -0.1) is 12.4 Å². The van der Waals surface area contributed by atoms with E-state index < -0.39 is 70.0 Å². The molecule has 0 aromatic heterocycles. The summed E-state index contributed by atoms with van der Waals surface area (Å²) in [6.45, 7) is 0.233. The second kappa shape index (κ2) is 9.72. The van der Waals surface area contributed by atoms with Gasteiger partial charge in [0.05, 0.1) is 22.3 Å². The molecule has 1 nitrogen and oxygen atoms in total. The van der Waals surface area contributed by atoms with E-state index in [4.69, 9.17) is 0 Å². The van der Waals surface area contributed by atoms with E-state index in [-0.39, 0.29) is 37.5 Å². The number of nitrogens with one attached hydrogen (secondary N) is 1. The van der Waals surface area contributed by atoms with Crippen molar-refractivity contribution in [2.45, 2.75) is 49.5 Å². The molecule has 1 N–H and O–H groups in total. The number of rotatable bonds is 3. The molecule has 14 heteroatoms. The van der Waals surface area contributed by atoms with Crippen LogP contribution < -0.4 is 5.32 Å². The first-order chi connectivity index (χ1) is 15.4. The fraction of sp³-hybridized carbons (Fsp3) is 0.429. The molecule has 1 saturated heterocycles. The van der Waals surface area contributed by atoms with Gasteiger partial charge in [0.25, 0.3) is 0 Å². The summed E-state index contributed by atoms with van der Waals surface area (Å²) in [5.41, 5.74) is -8.28. The Labute approximate surface area is 196 Å². The fourth-order valence-electron chi connectivity index (χ4n) is 3.97. The van der Waals surface area contributed by atoms with Gasteiger partial charge in [0.2, 0.25) is 0 Å². The van der Waals surface area contributed by atoms with Gasteiger partial charge in [0.15, 0.2) is 0 Å². The van der Waals surface area contributed by atoms with E-state index in [1.807, 2.05) is 0 Å². The van der Waals surface area contributed by atoms with Gasteiger partial charge < -0.3 is 5.32 Å². The minimum atomic E-state index is -5.24. The van der Waals surface area contributed by atoms with Crippen molar-refractivity contribution in [1.29, 1.82) is 0 Å². The Kier molecular flexibility index (Phi) is 8.07. The summed E-state index contributed by atoms with van der Waals surface area (Å²) in [5, 5.41) is 2.76. The first-order valence-corrected chi connectivity index (χ1v) is 9.69. The van der Waals surface area contributed by atoms with E-state index in [0.717, 1.165) is 0 Å². The normalized spacial score (nSPS) is 17.6. The molecule has 0 aliphatic carbocycles. The molecule has 1 atom stereocenters. The van der Waals surface area contributed by atoms with Crippen molar-refractivity contribution in [2.75, 3.05) is 6.54 Å². The summed E-state index contributed by atoms with van der Waals surface area (Å²) in [7, 11) is 0. The molecule has 0 saturated carbocycles. The monoisotopic (exact) mass is 545 g/mol. The van der Waals surface area contributed by atoms with Gasteiger partial charge in [-0.1, -0.05) is 0 Å². The van der Waals surface area contributed by atoms with E-state index in [9.17, 15) is 52.7 Å². The molecule has 1 aliphatic rings. The number of alkyl halides is 12.